The molecule has 0 aliphatic heterocycles. The van der Waals surface area contributed by atoms with Crippen molar-refractivity contribution in [1.82, 2.24) is 0 Å². The van der Waals surface area contributed by atoms with Crippen molar-refractivity contribution in [1.29, 1.82) is 0 Å². The normalized spacial score (nSPS) is 16.3. The molecule has 0 atom stereocenters. The summed E-state index contributed by atoms with van der Waals surface area (Å²) >= 11 is 0. The predicted molar refractivity (Wildman–Crippen MR) is 76.6 cm³/mol. The minimum atomic E-state index is -0.311. The van der Waals surface area contributed by atoms with E-state index in [4.69, 9.17) is 9.84 Å². The van der Waals surface area contributed by atoms with E-state index in [0.29, 0.717) is 18.3 Å². The van der Waals surface area contributed by atoms with Gasteiger partial charge >= 0.3 is 0 Å². The van der Waals surface area contributed by atoms with Crippen LogP contribution in [-0.2, 0) is 11.3 Å². The summed E-state index contributed by atoms with van der Waals surface area (Å²) < 4.78 is 19.4. The molecule has 1 aliphatic carbocycles. The van der Waals surface area contributed by atoms with Gasteiger partial charge in [0.25, 0.3) is 0 Å². The molecule has 0 aromatic heterocycles. The van der Waals surface area contributed by atoms with Crippen LogP contribution >= 0.6 is 0 Å². The van der Waals surface area contributed by atoms with E-state index in [0.717, 1.165) is 18.4 Å². The van der Waals surface area contributed by atoms with E-state index in [-0.39, 0.29) is 12.4 Å². The molecule has 0 saturated heterocycles. The zero-order valence-electron chi connectivity index (χ0n) is 11.7. The molecule has 1 saturated carbocycles. The number of aliphatic hydroxyl groups is 1. The molecule has 1 aromatic carbocycles. The van der Waals surface area contributed by atoms with Crippen molar-refractivity contribution in [3.8, 4) is 11.8 Å². The summed E-state index contributed by atoms with van der Waals surface area (Å²) in [5.74, 6) is 4.95. The molecule has 1 fully saturated rings. The SMILES string of the molecule is OCC#Cc1cc(F)cc(COC2CCCCCC2)c1. The fraction of sp³-hybridized carbons (Fsp3) is 0.529. The molecule has 0 heterocycles. The van der Waals surface area contributed by atoms with E-state index in [1.54, 1.807) is 0 Å². The molecular formula is C17H21FO2. The van der Waals surface area contributed by atoms with Crippen LogP contribution in [0.1, 0.15) is 49.7 Å². The van der Waals surface area contributed by atoms with Gasteiger partial charge in [0, 0.05) is 5.56 Å². The molecule has 1 aliphatic rings. The zero-order valence-corrected chi connectivity index (χ0v) is 11.7. The van der Waals surface area contributed by atoms with Gasteiger partial charge in [-0.15, -0.1) is 0 Å². The molecule has 1 N–H and O–H groups in total. The van der Waals surface area contributed by atoms with Gasteiger partial charge in [-0.05, 0) is 36.6 Å². The number of hydrogen-bond acceptors (Lipinski definition) is 2. The molecule has 108 valence electrons. The Morgan fingerprint density at radius 1 is 1.15 bits per heavy atom. The van der Waals surface area contributed by atoms with E-state index < -0.39 is 0 Å². The number of halogens is 1. The van der Waals surface area contributed by atoms with Crippen molar-refractivity contribution in [3.05, 3.63) is 35.1 Å². The van der Waals surface area contributed by atoms with Crippen molar-refractivity contribution in [2.45, 2.75) is 51.2 Å². The minimum absolute atomic E-state index is 0.218. The van der Waals surface area contributed by atoms with Crippen LogP contribution in [0, 0.1) is 17.7 Å². The van der Waals surface area contributed by atoms with Crippen LogP contribution in [0.4, 0.5) is 4.39 Å². The van der Waals surface area contributed by atoms with Gasteiger partial charge in [0.05, 0.1) is 12.7 Å². The Hall–Kier alpha value is -1.37. The van der Waals surface area contributed by atoms with Crippen LogP contribution in [0.15, 0.2) is 18.2 Å². The minimum Gasteiger partial charge on any atom is -0.384 e. The number of ether oxygens (including phenoxy) is 1. The van der Waals surface area contributed by atoms with Gasteiger partial charge in [0.2, 0.25) is 0 Å². The lowest BCUT2D eigenvalue weighted by molar-refractivity contribution is 0.0308. The average Bonchev–Trinajstić information content (AvgIpc) is 2.71. The first kappa shape index (κ1) is 15.0. The van der Waals surface area contributed by atoms with Crippen LogP contribution in [0.25, 0.3) is 0 Å². The van der Waals surface area contributed by atoms with E-state index >= 15 is 0 Å². The summed E-state index contributed by atoms with van der Waals surface area (Å²) in [6.45, 7) is 0.209. The lowest BCUT2D eigenvalue weighted by Gasteiger charge is -2.15. The van der Waals surface area contributed by atoms with Crippen molar-refractivity contribution in [2.24, 2.45) is 0 Å². The second kappa shape index (κ2) is 8.04. The quantitative estimate of drug-likeness (QED) is 0.677. The molecule has 1 aromatic rings. The lowest BCUT2D eigenvalue weighted by Crippen LogP contribution is -2.11. The van der Waals surface area contributed by atoms with E-state index in [1.807, 2.05) is 6.07 Å². The Kier molecular flexibility index (Phi) is 6.04. The third kappa shape index (κ3) is 4.96. The van der Waals surface area contributed by atoms with Gasteiger partial charge in [-0.1, -0.05) is 37.5 Å². The van der Waals surface area contributed by atoms with Crippen LogP contribution in [0.3, 0.4) is 0 Å². The van der Waals surface area contributed by atoms with Crippen molar-refractivity contribution < 1.29 is 14.2 Å². The van der Waals surface area contributed by atoms with Crippen LogP contribution in [0.2, 0.25) is 0 Å². The first-order valence-corrected chi connectivity index (χ1v) is 7.29. The smallest absolute Gasteiger partial charge is 0.124 e. The Labute approximate surface area is 120 Å². The Balaban J connectivity index is 1.96. The molecule has 0 spiro atoms. The molecule has 0 bridgehead atoms. The van der Waals surface area contributed by atoms with Crippen LogP contribution in [-0.4, -0.2) is 17.8 Å². The van der Waals surface area contributed by atoms with Gasteiger partial charge in [-0.2, -0.15) is 0 Å². The Morgan fingerprint density at radius 3 is 2.60 bits per heavy atom. The molecule has 2 rings (SSSR count). The highest BCUT2D eigenvalue weighted by Crippen LogP contribution is 2.21. The Bertz CT molecular complexity index is 479. The molecular weight excluding hydrogens is 255 g/mol. The predicted octanol–water partition coefficient (Wildman–Crippen LogP) is 3.41. The van der Waals surface area contributed by atoms with Gasteiger partial charge in [-0.3, -0.25) is 0 Å². The number of hydrogen-bond donors (Lipinski definition) is 1. The highest BCUT2D eigenvalue weighted by molar-refractivity contribution is 5.37. The first-order valence-electron chi connectivity index (χ1n) is 7.29. The summed E-state index contributed by atoms with van der Waals surface area (Å²) in [4.78, 5) is 0. The third-order valence-corrected chi connectivity index (χ3v) is 3.56. The van der Waals surface area contributed by atoms with Gasteiger partial charge in [0.15, 0.2) is 0 Å². The first-order chi connectivity index (χ1) is 9.78. The zero-order chi connectivity index (χ0) is 14.2. The average molecular weight is 276 g/mol. The summed E-state index contributed by atoms with van der Waals surface area (Å²) in [6.07, 6.45) is 7.54. The third-order valence-electron chi connectivity index (χ3n) is 3.56. The molecule has 3 heteroatoms. The maximum atomic E-state index is 13.5. The second-order valence-electron chi connectivity index (χ2n) is 5.23. The summed E-state index contributed by atoms with van der Waals surface area (Å²) in [7, 11) is 0. The van der Waals surface area contributed by atoms with E-state index in [2.05, 4.69) is 11.8 Å². The van der Waals surface area contributed by atoms with Gasteiger partial charge in [-0.25, -0.2) is 4.39 Å². The number of benzene rings is 1. The van der Waals surface area contributed by atoms with Crippen molar-refractivity contribution in [3.63, 3.8) is 0 Å². The second-order valence-corrected chi connectivity index (χ2v) is 5.23. The van der Waals surface area contributed by atoms with Crippen molar-refractivity contribution >= 4 is 0 Å². The molecule has 0 radical (unpaired) electrons. The molecule has 0 unspecified atom stereocenters. The lowest BCUT2D eigenvalue weighted by atomic mass is 10.1. The molecule has 0 amide bonds. The standard InChI is InChI=1S/C17H21FO2/c18-16-11-14(6-5-9-19)10-15(12-16)13-20-17-7-3-1-2-4-8-17/h10-12,17,19H,1-4,7-9,13H2. The fourth-order valence-corrected chi connectivity index (χ4v) is 2.57. The summed E-state index contributed by atoms with van der Waals surface area (Å²) in [5.41, 5.74) is 1.38. The largest absolute Gasteiger partial charge is 0.384 e. The molecule has 20 heavy (non-hydrogen) atoms. The Morgan fingerprint density at radius 2 is 1.90 bits per heavy atom. The van der Waals surface area contributed by atoms with Gasteiger partial charge in [0.1, 0.15) is 12.4 Å². The highest BCUT2D eigenvalue weighted by Gasteiger charge is 2.12. The maximum Gasteiger partial charge on any atom is 0.124 e. The van der Waals surface area contributed by atoms with Crippen LogP contribution < -0.4 is 0 Å². The number of rotatable bonds is 3. The molecule has 2 nitrogen and oxygen atoms in total. The number of aliphatic hydroxyl groups excluding tert-OH is 1. The maximum absolute atomic E-state index is 13.5. The highest BCUT2D eigenvalue weighted by atomic mass is 19.1. The monoisotopic (exact) mass is 276 g/mol. The summed E-state index contributed by atoms with van der Waals surface area (Å²) in [5, 5.41) is 8.67. The van der Waals surface area contributed by atoms with E-state index in [1.165, 1.54) is 37.8 Å². The summed E-state index contributed by atoms with van der Waals surface area (Å²) in [6, 6.07) is 4.68. The fourth-order valence-electron chi connectivity index (χ4n) is 2.57. The van der Waals surface area contributed by atoms with Crippen LogP contribution in [0.5, 0.6) is 0 Å². The van der Waals surface area contributed by atoms with E-state index in [9.17, 15) is 4.39 Å². The topological polar surface area (TPSA) is 29.5 Å². The van der Waals surface area contributed by atoms with Crippen molar-refractivity contribution in [2.75, 3.05) is 6.61 Å². The van der Waals surface area contributed by atoms with Gasteiger partial charge < -0.3 is 9.84 Å².